The fourth-order valence-corrected chi connectivity index (χ4v) is 3.61. The van der Waals surface area contributed by atoms with Gasteiger partial charge in [-0.1, -0.05) is 50.2 Å². The van der Waals surface area contributed by atoms with Gasteiger partial charge in [0, 0.05) is 23.4 Å². The lowest BCUT2D eigenvalue weighted by Crippen LogP contribution is -2.43. The molecule has 0 atom stereocenters. The molecular formula is C21H27N5S. The summed E-state index contributed by atoms with van der Waals surface area (Å²) in [5, 5.41) is 8.89. The van der Waals surface area contributed by atoms with Gasteiger partial charge < -0.3 is 15.6 Å². The highest BCUT2D eigenvalue weighted by Crippen LogP contribution is 2.26. The van der Waals surface area contributed by atoms with E-state index in [0.29, 0.717) is 6.54 Å². The maximum atomic E-state index is 4.68. The van der Waals surface area contributed by atoms with Crippen LogP contribution in [-0.2, 0) is 12.0 Å². The van der Waals surface area contributed by atoms with E-state index in [1.54, 1.807) is 11.3 Å². The van der Waals surface area contributed by atoms with Gasteiger partial charge in [0.2, 0.25) is 0 Å². The Morgan fingerprint density at radius 1 is 1.15 bits per heavy atom. The summed E-state index contributed by atoms with van der Waals surface area (Å²) in [5.41, 5.74) is 2.19. The summed E-state index contributed by atoms with van der Waals surface area (Å²) in [6, 6.07) is 14.5. The fourth-order valence-electron chi connectivity index (χ4n) is 2.76. The largest absolute Gasteiger partial charge is 0.357 e. The molecule has 6 heteroatoms. The van der Waals surface area contributed by atoms with Gasteiger partial charge in [-0.05, 0) is 23.9 Å². The Morgan fingerprint density at radius 3 is 2.67 bits per heavy atom. The molecule has 3 aromatic rings. The summed E-state index contributed by atoms with van der Waals surface area (Å²) in [6.07, 6.45) is 1.86. The van der Waals surface area contributed by atoms with Crippen molar-refractivity contribution in [2.75, 3.05) is 13.1 Å². The number of H-pyrrole nitrogens is 1. The number of guanidine groups is 1. The number of hydrogen-bond acceptors (Lipinski definition) is 3. The Balaban J connectivity index is 1.63. The van der Waals surface area contributed by atoms with Crippen LogP contribution in [0.25, 0.3) is 11.3 Å². The van der Waals surface area contributed by atoms with Crippen LogP contribution in [0.4, 0.5) is 0 Å². The molecule has 0 saturated heterocycles. The van der Waals surface area contributed by atoms with Crippen LogP contribution in [0.1, 0.15) is 31.5 Å². The molecule has 1 aromatic carbocycles. The SMILES string of the molecule is CCNC(=NCc1ncc(-c2ccccc2)[nH]1)NCC(C)(C)c1cccs1. The Bertz CT molecular complexity index is 850. The molecule has 0 saturated carbocycles. The highest BCUT2D eigenvalue weighted by molar-refractivity contribution is 7.10. The molecule has 0 unspecified atom stereocenters. The molecule has 0 amide bonds. The zero-order valence-electron chi connectivity index (χ0n) is 16.1. The van der Waals surface area contributed by atoms with Crippen LogP contribution in [0.15, 0.2) is 59.0 Å². The lowest BCUT2D eigenvalue weighted by atomic mass is 9.91. The Labute approximate surface area is 165 Å². The van der Waals surface area contributed by atoms with Crippen LogP contribution in [0.5, 0.6) is 0 Å². The summed E-state index contributed by atoms with van der Waals surface area (Å²) in [6.45, 7) is 8.69. The molecule has 0 aliphatic carbocycles. The van der Waals surface area contributed by atoms with Gasteiger partial charge in [-0.25, -0.2) is 9.98 Å². The first-order valence-corrected chi connectivity index (χ1v) is 10.1. The van der Waals surface area contributed by atoms with Crippen LogP contribution in [0.2, 0.25) is 0 Å². The van der Waals surface area contributed by atoms with E-state index in [-0.39, 0.29) is 5.41 Å². The van der Waals surface area contributed by atoms with E-state index < -0.39 is 0 Å². The van der Waals surface area contributed by atoms with Gasteiger partial charge in [0.25, 0.3) is 0 Å². The average molecular weight is 382 g/mol. The predicted molar refractivity (Wildman–Crippen MR) is 114 cm³/mol. The monoisotopic (exact) mass is 381 g/mol. The Hall–Kier alpha value is -2.60. The van der Waals surface area contributed by atoms with Crippen molar-refractivity contribution in [1.82, 2.24) is 20.6 Å². The van der Waals surface area contributed by atoms with Gasteiger partial charge in [0.05, 0.1) is 11.9 Å². The average Bonchev–Trinajstić information content (AvgIpc) is 3.37. The highest BCUT2D eigenvalue weighted by atomic mass is 32.1. The van der Waals surface area contributed by atoms with E-state index in [2.05, 4.69) is 76.0 Å². The number of aromatic nitrogens is 2. The molecule has 5 nitrogen and oxygen atoms in total. The molecule has 0 aliphatic heterocycles. The molecule has 0 bridgehead atoms. The summed E-state index contributed by atoms with van der Waals surface area (Å²) in [4.78, 5) is 13.9. The molecule has 3 N–H and O–H groups in total. The number of imidazole rings is 1. The molecule has 0 fully saturated rings. The van der Waals surface area contributed by atoms with Gasteiger partial charge in [-0.3, -0.25) is 0 Å². The van der Waals surface area contributed by atoms with E-state index >= 15 is 0 Å². The molecule has 142 valence electrons. The molecule has 3 rings (SSSR count). The summed E-state index contributed by atoms with van der Waals surface area (Å²) >= 11 is 1.79. The summed E-state index contributed by atoms with van der Waals surface area (Å²) in [7, 11) is 0. The van der Waals surface area contributed by atoms with Crippen molar-refractivity contribution in [3.05, 3.63) is 64.7 Å². The van der Waals surface area contributed by atoms with Crippen LogP contribution in [0.3, 0.4) is 0 Å². The minimum absolute atomic E-state index is 0.0511. The summed E-state index contributed by atoms with van der Waals surface area (Å²) < 4.78 is 0. The first kappa shape index (κ1) is 19.2. The number of nitrogens with one attached hydrogen (secondary N) is 3. The molecular weight excluding hydrogens is 354 g/mol. The molecule has 2 aromatic heterocycles. The number of aliphatic imine (C=N–C) groups is 1. The first-order valence-electron chi connectivity index (χ1n) is 9.24. The predicted octanol–water partition coefficient (Wildman–Crippen LogP) is 4.17. The number of nitrogens with zero attached hydrogens (tertiary/aromatic N) is 2. The second-order valence-corrected chi connectivity index (χ2v) is 7.97. The number of rotatable bonds is 7. The maximum absolute atomic E-state index is 4.68. The number of thiophene rings is 1. The van der Waals surface area contributed by atoms with Gasteiger partial charge >= 0.3 is 0 Å². The third-order valence-corrected chi connectivity index (χ3v) is 5.57. The third kappa shape index (κ3) is 5.20. The first-order chi connectivity index (χ1) is 13.1. The van der Waals surface area contributed by atoms with Crippen molar-refractivity contribution in [2.45, 2.75) is 32.7 Å². The molecule has 2 heterocycles. The van der Waals surface area contributed by atoms with Crippen LogP contribution < -0.4 is 10.6 Å². The molecule has 0 spiro atoms. The minimum atomic E-state index is 0.0511. The van der Waals surface area contributed by atoms with Gasteiger partial charge in [-0.2, -0.15) is 0 Å². The maximum Gasteiger partial charge on any atom is 0.191 e. The van der Waals surface area contributed by atoms with Crippen LogP contribution >= 0.6 is 11.3 Å². The second kappa shape index (κ2) is 8.86. The molecule has 0 radical (unpaired) electrons. The van der Waals surface area contributed by atoms with Crippen LogP contribution in [0, 0.1) is 0 Å². The minimum Gasteiger partial charge on any atom is -0.357 e. The number of aromatic amines is 1. The standard InChI is InChI=1S/C21H27N5S/c1-4-22-20(25-15-21(2,3)18-11-8-12-27-18)24-14-19-23-13-17(26-19)16-9-6-5-7-10-16/h5-13H,4,14-15H2,1-3H3,(H,23,26)(H2,22,24,25). The highest BCUT2D eigenvalue weighted by Gasteiger charge is 2.21. The topological polar surface area (TPSA) is 65.1 Å². The Morgan fingerprint density at radius 2 is 1.96 bits per heavy atom. The zero-order chi connectivity index (χ0) is 19.1. The lowest BCUT2D eigenvalue weighted by Gasteiger charge is -2.25. The van der Waals surface area contributed by atoms with Crippen LogP contribution in [-0.4, -0.2) is 29.0 Å². The second-order valence-electron chi connectivity index (χ2n) is 7.02. The van der Waals surface area contributed by atoms with Crippen molar-refractivity contribution in [3.63, 3.8) is 0 Å². The van der Waals surface area contributed by atoms with Crippen molar-refractivity contribution >= 4 is 17.3 Å². The quantitative estimate of drug-likeness (QED) is 0.425. The van der Waals surface area contributed by atoms with Gasteiger partial charge in [0.15, 0.2) is 5.96 Å². The lowest BCUT2D eigenvalue weighted by molar-refractivity contribution is 0.518. The van der Waals surface area contributed by atoms with Crippen molar-refractivity contribution in [1.29, 1.82) is 0 Å². The number of hydrogen-bond donors (Lipinski definition) is 3. The van der Waals surface area contributed by atoms with Crippen molar-refractivity contribution in [2.24, 2.45) is 4.99 Å². The third-order valence-electron chi connectivity index (χ3n) is 4.33. The number of benzene rings is 1. The van der Waals surface area contributed by atoms with E-state index in [1.165, 1.54) is 4.88 Å². The van der Waals surface area contributed by atoms with Gasteiger partial charge in [-0.15, -0.1) is 11.3 Å². The smallest absolute Gasteiger partial charge is 0.191 e. The van der Waals surface area contributed by atoms with Crippen molar-refractivity contribution in [3.8, 4) is 11.3 Å². The van der Waals surface area contributed by atoms with Gasteiger partial charge in [0.1, 0.15) is 12.4 Å². The zero-order valence-corrected chi connectivity index (χ0v) is 16.9. The Kier molecular flexibility index (Phi) is 6.29. The normalized spacial score (nSPS) is 12.2. The van der Waals surface area contributed by atoms with Crippen molar-refractivity contribution < 1.29 is 0 Å². The summed E-state index contributed by atoms with van der Waals surface area (Å²) in [5.74, 6) is 1.66. The molecule has 27 heavy (non-hydrogen) atoms. The van der Waals surface area contributed by atoms with E-state index in [9.17, 15) is 0 Å². The van der Waals surface area contributed by atoms with E-state index in [0.717, 1.165) is 36.1 Å². The molecule has 0 aliphatic rings. The van der Waals surface area contributed by atoms with E-state index in [4.69, 9.17) is 0 Å². The fraction of sp³-hybridized carbons (Fsp3) is 0.333. The van der Waals surface area contributed by atoms with E-state index in [1.807, 2.05) is 24.4 Å².